The van der Waals surface area contributed by atoms with E-state index in [-0.39, 0.29) is 4.90 Å². The van der Waals surface area contributed by atoms with Crippen LogP contribution in [-0.2, 0) is 16.6 Å². The van der Waals surface area contributed by atoms with Crippen LogP contribution in [0.2, 0.25) is 0 Å². The smallest absolute Gasteiger partial charge is 0.189 e. The van der Waals surface area contributed by atoms with Gasteiger partial charge in [-0.1, -0.05) is 28.1 Å². The topological polar surface area (TPSA) is 34.1 Å². The molecule has 0 heterocycles. The maximum absolute atomic E-state index is 12.4. The zero-order chi connectivity index (χ0) is 9.90. The molecule has 0 aliphatic carbocycles. The zero-order valence-corrected chi connectivity index (χ0v) is 9.11. The first-order valence-corrected chi connectivity index (χ1v) is 6.14. The van der Waals surface area contributed by atoms with Crippen LogP contribution in [-0.4, -0.2) is 13.7 Å². The van der Waals surface area contributed by atoms with Gasteiger partial charge in [-0.25, -0.2) is 0 Å². The third kappa shape index (κ3) is 3.08. The Balaban J connectivity index is 2.94. The van der Waals surface area contributed by atoms with E-state index in [1.165, 1.54) is 12.1 Å². The van der Waals surface area contributed by atoms with E-state index in [1.54, 1.807) is 12.1 Å². The van der Waals surface area contributed by atoms with Gasteiger partial charge in [0.25, 0.3) is 0 Å². The number of rotatable bonds is 3. The Morgan fingerprint density at radius 2 is 1.77 bits per heavy atom. The molecule has 1 aromatic carbocycles. The Morgan fingerprint density at radius 1 is 1.23 bits per heavy atom. The Bertz CT molecular complexity index is 372. The minimum atomic E-state index is -4.55. The van der Waals surface area contributed by atoms with Crippen molar-refractivity contribution in [3.63, 3.8) is 0 Å². The Kier molecular flexibility index (Phi) is 3.44. The number of hydrogen-bond donors (Lipinski definition) is 0. The van der Waals surface area contributed by atoms with Crippen molar-refractivity contribution in [3.05, 3.63) is 29.8 Å². The van der Waals surface area contributed by atoms with Crippen LogP contribution in [0.3, 0.4) is 0 Å². The molecule has 0 bridgehead atoms. The molecule has 0 radical (unpaired) electrons. The highest BCUT2D eigenvalue weighted by atomic mass is 79.9. The molecule has 2 nitrogen and oxygen atoms in total. The van der Waals surface area contributed by atoms with Crippen molar-refractivity contribution in [1.29, 1.82) is 0 Å². The first-order valence-electron chi connectivity index (χ1n) is 3.63. The zero-order valence-electron chi connectivity index (χ0n) is 6.70. The van der Waals surface area contributed by atoms with Crippen LogP contribution < -0.4 is 0 Å². The van der Waals surface area contributed by atoms with Gasteiger partial charge in [0.2, 0.25) is 0 Å². The van der Waals surface area contributed by atoms with Crippen molar-refractivity contribution in [2.75, 3.05) is 5.33 Å². The highest BCUT2D eigenvalue weighted by Gasteiger charge is 2.10. The molecule has 0 N–H and O–H groups in total. The summed E-state index contributed by atoms with van der Waals surface area (Å²) < 4.78 is 33.3. The van der Waals surface area contributed by atoms with Gasteiger partial charge >= 0.3 is 10.2 Å². The van der Waals surface area contributed by atoms with Crippen LogP contribution >= 0.6 is 15.9 Å². The van der Waals surface area contributed by atoms with Crippen molar-refractivity contribution < 1.29 is 12.3 Å². The van der Waals surface area contributed by atoms with E-state index in [1.807, 2.05) is 0 Å². The van der Waals surface area contributed by atoms with Crippen molar-refractivity contribution in [1.82, 2.24) is 0 Å². The third-order valence-electron chi connectivity index (χ3n) is 1.59. The van der Waals surface area contributed by atoms with Crippen molar-refractivity contribution in [2.24, 2.45) is 0 Å². The monoisotopic (exact) mass is 266 g/mol. The Labute approximate surface area is 85.1 Å². The van der Waals surface area contributed by atoms with E-state index >= 15 is 0 Å². The summed E-state index contributed by atoms with van der Waals surface area (Å²) in [5.41, 5.74) is 0.976. The van der Waals surface area contributed by atoms with Gasteiger partial charge in [0, 0.05) is 5.33 Å². The van der Waals surface area contributed by atoms with Gasteiger partial charge in [-0.05, 0) is 24.1 Å². The molecule has 0 fully saturated rings. The largest absolute Gasteiger partial charge is 0.332 e. The van der Waals surface area contributed by atoms with Crippen LogP contribution in [0, 0.1) is 0 Å². The summed E-state index contributed by atoms with van der Waals surface area (Å²) in [4.78, 5) is -0.286. The summed E-state index contributed by atoms with van der Waals surface area (Å²) in [7, 11) is -4.55. The Morgan fingerprint density at radius 3 is 2.15 bits per heavy atom. The summed E-state index contributed by atoms with van der Waals surface area (Å²) in [6.45, 7) is 0. The van der Waals surface area contributed by atoms with Crippen LogP contribution in [0.4, 0.5) is 3.89 Å². The molecule has 0 amide bonds. The number of halogens is 2. The molecule has 0 saturated carbocycles. The maximum Gasteiger partial charge on any atom is 0.332 e. The number of hydrogen-bond acceptors (Lipinski definition) is 2. The molecule has 0 aliphatic heterocycles. The predicted molar refractivity (Wildman–Crippen MR) is 52.2 cm³/mol. The Hall–Kier alpha value is -0.420. The van der Waals surface area contributed by atoms with Gasteiger partial charge in [0.05, 0.1) is 4.90 Å². The van der Waals surface area contributed by atoms with E-state index in [2.05, 4.69) is 15.9 Å². The van der Waals surface area contributed by atoms with Gasteiger partial charge in [0.15, 0.2) is 0 Å². The summed E-state index contributed by atoms with van der Waals surface area (Å²) in [5.74, 6) is 0. The molecule has 0 unspecified atom stereocenters. The first kappa shape index (κ1) is 10.7. The lowest BCUT2D eigenvalue weighted by Crippen LogP contribution is -1.92. The lowest BCUT2D eigenvalue weighted by Gasteiger charge is -1.98. The van der Waals surface area contributed by atoms with E-state index in [4.69, 9.17) is 0 Å². The first-order chi connectivity index (χ1) is 6.04. The van der Waals surface area contributed by atoms with Gasteiger partial charge < -0.3 is 0 Å². The predicted octanol–water partition coefficient (Wildman–Crippen LogP) is 2.28. The van der Waals surface area contributed by atoms with E-state index in [0.717, 1.165) is 17.3 Å². The van der Waals surface area contributed by atoms with Crippen LogP contribution in [0.5, 0.6) is 0 Å². The third-order valence-corrected chi connectivity index (χ3v) is 2.82. The second kappa shape index (κ2) is 4.19. The van der Waals surface area contributed by atoms with Gasteiger partial charge in [-0.15, -0.1) is 3.89 Å². The molecular weight excluding hydrogens is 259 g/mol. The van der Waals surface area contributed by atoms with Crippen molar-refractivity contribution >= 4 is 26.2 Å². The molecule has 1 rings (SSSR count). The van der Waals surface area contributed by atoms with E-state index in [9.17, 15) is 12.3 Å². The fraction of sp³-hybridized carbons (Fsp3) is 0.250. The van der Waals surface area contributed by atoms with Crippen molar-refractivity contribution in [3.8, 4) is 0 Å². The van der Waals surface area contributed by atoms with Crippen molar-refractivity contribution in [2.45, 2.75) is 11.3 Å². The van der Waals surface area contributed by atoms with Gasteiger partial charge in [-0.3, -0.25) is 0 Å². The average molecular weight is 267 g/mol. The van der Waals surface area contributed by atoms with Crippen LogP contribution in [0.1, 0.15) is 5.56 Å². The highest BCUT2D eigenvalue weighted by Crippen LogP contribution is 2.13. The number of aryl methyl sites for hydroxylation is 1. The molecule has 0 aromatic heterocycles. The minimum Gasteiger partial charge on any atom is -0.189 e. The molecule has 1 aromatic rings. The fourth-order valence-corrected chi connectivity index (χ4v) is 1.85. The standard InChI is InChI=1S/C8H8BrFO2S/c9-6-5-7-1-3-8(4-2-7)13(10,11)12/h1-4H,5-6H2. The van der Waals surface area contributed by atoms with Gasteiger partial charge in [-0.2, -0.15) is 8.42 Å². The molecule has 0 spiro atoms. The number of alkyl halides is 1. The average Bonchev–Trinajstić information content (AvgIpc) is 2.04. The lowest BCUT2D eigenvalue weighted by atomic mass is 10.2. The molecule has 13 heavy (non-hydrogen) atoms. The number of benzene rings is 1. The SMILES string of the molecule is O=S(=O)(F)c1ccc(CCBr)cc1. The minimum absolute atomic E-state index is 0.286. The van der Waals surface area contributed by atoms with Crippen LogP contribution in [0.25, 0.3) is 0 Å². The molecule has 0 saturated heterocycles. The molecule has 5 heteroatoms. The fourth-order valence-electron chi connectivity index (χ4n) is 0.928. The molecular formula is C8H8BrFO2S. The van der Waals surface area contributed by atoms with E-state index in [0.29, 0.717) is 0 Å². The molecule has 0 aliphatic rings. The summed E-state index contributed by atoms with van der Waals surface area (Å²) >= 11 is 3.25. The summed E-state index contributed by atoms with van der Waals surface area (Å²) in [5, 5.41) is 0.800. The van der Waals surface area contributed by atoms with Crippen LogP contribution in [0.15, 0.2) is 29.2 Å². The second-order valence-electron chi connectivity index (χ2n) is 2.52. The maximum atomic E-state index is 12.4. The lowest BCUT2D eigenvalue weighted by molar-refractivity contribution is 0.552. The molecule has 72 valence electrons. The van der Waals surface area contributed by atoms with E-state index < -0.39 is 10.2 Å². The summed E-state index contributed by atoms with van der Waals surface area (Å²) in [6.07, 6.45) is 0.798. The van der Waals surface area contributed by atoms with Gasteiger partial charge in [0.1, 0.15) is 0 Å². The molecule has 0 atom stereocenters. The summed E-state index contributed by atoms with van der Waals surface area (Å²) in [6, 6.07) is 5.75. The highest BCUT2D eigenvalue weighted by molar-refractivity contribution is 9.09. The quantitative estimate of drug-likeness (QED) is 0.622. The normalized spacial score (nSPS) is 11.5. The second-order valence-corrected chi connectivity index (χ2v) is 4.66.